The normalized spacial score (nSPS) is 11.3. The standard InChI is InChI=1S/C23H19N5O2S/c1-15-8-10-16(11-9-15)13-24-20(29)14-31-23-27-26-21-17-5-2-3-6-18(17)25-22(28(21)23)19-7-4-12-30-19/h2-12H,13-14H2,1H3,(H,24,29). The fraction of sp³-hybridized carbons (Fsp3) is 0.130. The monoisotopic (exact) mass is 429 g/mol. The number of carbonyl (C=O) groups excluding carboxylic acids is 1. The lowest BCUT2D eigenvalue weighted by molar-refractivity contribution is -0.118. The molecule has 1 amide bonds. The lowest BCUT2D eigenvalue weighted by Crippen LogP contribution is -2.24. The van der Waals surface area contributed by atoms with Gasteiger partial charge in [0.05, 0.1) is 17.5 Å². The zero-order valence-corrected chi connectivity index (χ0v) is 17.6. The average Bonchev–Trinajstić information content (AvgIpc) is 3.47. The lowest BCUT2D eigenvalue weighted by Gasteiger charge is -2.08. The zero-order valence-electron chi connectivity index (χ0n) is 16.8. The van der Waals surface area contributed by atoms with Gasteiger partial charge in [-0.25, -0.2) is 4.98 Å². The number of hydrogen-bond acceptors (Lipinski definition) is 6. The summed E-state index contributed by atoms with van der Waals surface area (Å²) >= 11 is 1.32. The molecule has 0 radical (unpaired) electrons. The van der Waals surface area contributed by atoms with E-state index in [4.69, 9.17) is 9.40 Å². The molecule has 5 aromatic rings. The maximum atomic E-state index is 12.4. The van der Waals surface area contributed by atoms with E-state index in [1.54, 1.807) is 6.26 Å². The summed E-state index contributed by atoms with van der Waals surface area (Å²) in [6.45, 7) is 2.53. The van der Waals surface area contributed by atoms with Crippen LogP contribution in [-0.4, -0.2) is 31.2 Å². The molecule has 8 heteroatoms. The number of aryl methyl sites for hydroxylation is 1. The third-order valence-corrected chi connectivity index (χ3v) is 5.83. The van der Waals surface area contributed by atoms with Crippen LogP contribution in [0.4, 0.5) is 0 Å². The van der Waals surface area contributed by atoms with Crippen molar-refractivity contribution in [2.75, 3.05) is 5.75 Å². The Morgan fingerprint density at radius 3 is 2.71 bits per heavy atom. The molecule has 0 saturated heterocycles. The number of amides is 1. The quantitative estimate of drug-likeness (QED) is 0.406. The van der Waals surface area contributed by atoms with Crippen LogP contribution >= 0.6 is 11.8 Å². The van der Waals surface area contributed by atoms with Crippen molar-refractivity contribution < 1.29 is 9.21 Å². The molecule has 0 bridgehead atoms. The number of thioether (sulfide) groups is 1. The number of hydrogen-bond donors (Lipinski definition) is 1. The third-order valence-electron chi connectivity index (χ3n) is 4.90. The largest absolute Gasteiger partial charge is 0.461 e. The SMILES string of the molecule is Cc1ccc(CNC(=O)CSc2nnc3c4ccccc4nc(-c4ccco4)n23)cc1. The second kappa shape index (κ2) is 8.23. The van der Waals surface area contributed by atoms with E-state index in [1.165, 1.54) is 17.3 Å². The maximum absolute atomic E-state index is 12.4. The van der Waals surface area contributed by atoms with Crippen molar-refractivity contribution in [1.82, 2.24) is 24.9 Å². The Balaban J connectivity index is 1.40. The highest BCUT2D eigenvalue weighted by Crippen LogP contribution is 2.29. The van der Waals surface area contributed by atoms with Gasteiger partial charge in [-0.2, -0.15) is 0 Å². The molecule has 7 nitrogen and oxygen atoms in total. The van der Waals surface area contributed by atoms with Gasteiger partial charge < -0.3 is 9.73 Å². The second-order valence-electron chi connectivity index (χ2n) is 7.12. The minimum absolute atomic E-state index is 0.0735. The molecular formula is C23H19N5O2S. The fourth-order valence-electron chi connectivity index (χ4n) is 3.31. The van der Waals surface area contributed by atoms with Crippen molar-refractivity contribution in [2.45, 2.75) is 18.6 Å². The highest BCUT2D eigenvalue weighted by Gasteiger charge is 2.18. The van der Waals surface area contributed by atoms with Crippen LogP contribution in [0, 0.1) is 6.92 Å². The lowest BCUT2D eigenvalue weighted by atomic mass is 10.1. The molecular weight excluding hydrogens is 410 g/mol. The Morgan fingerprint density at radius 2 is 1.90 bits per heavy atom. The average molecular weight is 430 g/mol. The molecule has 0 aliphatic carbocycles. The number of nitrogens with one attached hydrogen (secondary N) is 1. The van der Waals surface area contributed by atoms with Crippen LogP contribution in [0.15, 0.2) is 76.5 Å². The molecule has 0 aliphatic heterocycles. The Morgan fingerprint density at radius 1 is 1.06 bits per heavy atom. The summed E-state index contributed by atoms with van der Waals surface area (Å²) in [6, 6.07) is 19.5. The predicted octanol–water partition coefficient (Wildman–Crippen LogP) is 4.25. The second-order valence-corrected chi connectivity index (χ2v) is 8.06. The zero-order chi connectivity index (χ0) is 21.2. The number of para-hydroxylation sites is 1. The van der Waals surface area contributed by atoms with Gasteiger partial charge in [0.25, 0.3) is 0 Å². The minimum Gasteiger partial charge on any atom is -0.461 e. The number of rotatable bonds is 6. The molecule has 0 saturated carbocycles. The number of fused-ring (bicyclic) bond motifs is 3. The van der Waals surface area contributed by atoms with Crippen LogP contribution in [-0.2, 0) is 11.3 Å². The fourth-order valence-corrected chi connectivity index (χ4v) is 4.07. The summed E-state index contributed by atoms with van der Waals surface area (Å²) < 4.78 is 7.44. The smallest absolute Gasteiger partial charge is 0.230 e. The highest BCUT2D eigenvalue weighted by atomic mass is 32.2. The summed E-state index contributed by atoms with van der Waals surface area (Å²) in [5.41, 5.74) is 3.74. The first-order valence-corrected chi connectivity index (χ1v) is 10.8. The molecule has 3 heterocycles. The first-order chi connectivity index (χ1) is 15.2. The molecule has 0 atom stereocenters. The molecule has 31 heavy (non-hydrogen) atoms. The van der Waals surface area contributed by atoms with Crippen molar-refractivity contribution >= 4 is 34.2 Å². The van der Waals surface area contributed by atoms with Crippen molar-refractivity contribution in [2.24, 2.45) is 0 Å². The number of furan rings is 1. The molecule has 154 valence electrons. The van der Waals surface area contributed by atoms with Crippen LogP contribution in [0.2, 0.25) is 0 Å². The van der Waals surface area contributed by atoms with E-state index in [0.29, 0.717) is 28.9 Å². The number of benzene rings is 2. The summed E-state index contributed by atoms with van der Waals surface area (Å²) in [7, 11) is 0. The maximum Gasteiger partial charge on any atom is 0.230 e. The van der Waals surface area contributed by atoms with Crippen LogP contribution in [0.1, 0.15) is 11.1 Å². The molecule has 0 unspecified atom stereocenters. The van der Waals surface area contributed by atoms with E-state index in [0.717, 1.165) is 16.5 Å². The molecule has 0 fully saturated rings. The van der Waals surface area contributed by atoms with E-state index >= 15 is 0 Å². The van der Waals surface area contributed by atoms with Gasteiger partial charge in [0.15, 0.2) is 22.4 Å². The molecule has 0 aliphatic rings. The third kappa shape index (κ3) is 3.89. The van der Waals surface area contributed by atoms with Crippen molar-refractivity contribution in [3.8, 4) is 11.6 Å². The van der Waals surface area contributed by atoms with E-state index in [1.807, 2.05) is 72.0 Å². The first-order valence-electron chi connectivity index (χ1n) is 9.82. The van der Waals surface area contributed by atoms with Crippen molar-refractivity contribution in [1.29, 1.82) is 0 Å². The van der Waals surface area contributed by atoms with Crippen LogP contribution in [0.5, 0.6) is 0 Å². The van der Waals surface area contributed by atoms with Crippen LogP contribution in [0.25, 0.3) is 28.1 Å². The van der Waals surface area contributed by atoms with E-state index in [9.17, 15) is 4.79 Å². The number of nitrogens with zero attached hydrogens (tertiary/aromatic N) is 4. The van der Waals surface area contributed by atoms with Gasteiger partial charge in [-0.1, -0.05) is 53.7 Å². The van der Waals surface area contributed by atoms with E-state index in [-0.39, 0.29) is 11.7 Å². The van der Waals surface area contributed by atoms with Crippen LogP contribution in [0.3, 0.4) is 0 Å². The summed E-state index contributed by atoms with van der Waals surface area (Å²) in [4.78, 5) is 17.2. The molecule has 3 aromatic heterocycles. The first kappa shape index (κ1) is 19.3. The van der Waals surface area contributed by atoms with E-state index in [2.05, 4.69) is 15.5 Å². The van der Waals surface area contributed by atoms with Gasteiger partial charge in [0, 0.05) is 11.9 Å². The highest BCUT2D eigenvalue weighted by molar-refractivity contribution is 7.99. The van der Waals surface area contributed by atoms with Crippen molar-refractivity contribution in [3.05, 3.63) is 78.1 Å². The number of aromatic nitrogens is 4. The van der Waals surface area contributed by atoms with Gasteiger partial charge in [-0.15, -0.1) is 10.2 Å². The van der Waals surface area contributed by atoms with Gasteiger partial charge in [0.2, 0.25) is 5.91 Å². The molecule has 0 spiro atoms. The van der Waals surface area contributed by atoms with Gasteiger partial charge in [-0.05, 0) is 36.8 Å². The van der Waals surface area contributed by atoms with Gasteiger partial charge in [-0.3, -0.25) is 9.20 Å². The topological polar surface area (TPSA) is 85.3 Å². The number of carbonyl (C=O) groups is 1. The Bertz CT molecular complexity index is 1360. The minimum atomic E-state index is -0.0735. The summed E-state index contributed by atoms with van der Waals surface area (Å²) in [5.74, 6) is 1.36. The molecule has 2 aromatic carbocycles. The molecule has 1 N–H and O–H groups in total. The summed E-state index contributed by atoms with van der Waals surface area (Å²) in [5, 5.41) is 13.1. The van der Waals surface area contributed by atoms with Crippen LogP contribution < -0.4 is 5.32 Å². The van der Waals surface area contributed by atoms with E-state index < -0.39 is 0 Å². The Hall–Kier alpha value is -3.65. The van der Waals surface area contributed by atoms with Gasteiger partial charge in [0.1, 0.15) is 0 Å². The molecule has 5 rings (SSSR count). The summed E-state index contributed by atoms with van der Waals surface area (Å²) in [6.07, 6.45) is 1.60. The predicted molar refractivity (Wildman–Crippen MR) is 120 cm³/mol. The van der Waals surface area contributed by atoms with Crippen molar-refractivity contribution in [3.63, 3.8) is 0 Å². The Kier molecular flexibility index (Phi) is 5.13. The Labute approximate surface area is 182 Å². The van der Waals surface area contributed by atoms with Gasteiger partial charge >= 0.3 is 0 Å².